The van der Waals surface area contributed by atoms with Gasteiger partial charge in [0.2, 0.25) is 0 Å². The molecule has 2 amide bonds. The summed E-state index contributed by atoms with van der Waals surface area (Å²) < 4.78 is 18.7. The quantitative estimate of drug-likeness (QED) is 0.777. The van der Waals surface area contributed by atoms with Gasteiger partial charge in [0.1, 0.15) is 17.3 Å². The number of benzene rings is 1. The first-order valence-corrected chi connectivity index (χ1v) is 9.31. The van der Waals surface area contributed by atoms with Gasteiger partial charge < -0.3 is 15.4 Å². The van der Waals surface area contributed by atoms with Crippen molar-refractivity contribution in [3.8, 4) is 5.75 Å². The van der Waals surface area contributed by atoms with Crippen molar-refractivity contribution < 1.29 is 18.7 Å². The number of ether oxygens (including phenoxy) is 1. The minimum Gasteiger partial charge on any atom is -0.484 e. The van der Waals surface area contributed by atoms with Gasteiger partial charge >= 0.3 is 0 Å². The van der Waals surface area contributed by atoms with E-state index < -0.39 is 5.82 Å². The molecule has 3 fully saturated rings. The SMILES string of the molecule is Cc1cccnc1C(=O)NC12CC(NC(=O)COc3ccc(Cl)c(F)c3)(C1)C2. The van der Waals surface area contributed by atoms with Gasteiger partial charge in [-0.2, -0.15) is 0 Å². The van der Waals surface area contributed by atoms with Crippen molar-refractivity contribution >= 4 is 23.4 Å². The van der Waals surface area contributed by atoms with Gasteiger partial charge in [0, 0.05) is 23.3 Å². The monoisotopic (exact) mass is 403 g/mol. The number of aryl methyl sites for hydroxylation is 1. The lowest BCUT2D eigenvalue weighted by molar-refractivity contribution is -0.141. The number of nitrogens with zero attached hydrogens (tertiary/aromatic N) is 1. The summed E-state index contributed by atoms with van der Waals surface area (Å²) in [6.07, 6.45) is 3.63. The molecule has 28 heavy (non-hydrogen) atoms. The molecule has 1 heterocycles. The number of carbonyl (C=O) groups is 2. The van der Waals surface area contributed by atoms with Gasteiger partial charge in [-0.05, 0) is 49.9 Å². The molecule has 0 saturated heterocycles. The summed E-state index contributed by atoms with van der Waals surface area (Å²) in [7, 11) is 0. The van der Waals surface area contributed by atoms with E-state index in [1.807, 2.05) is 13.0 Å². The third kappa shape index (κ3) is 3.42. The average Bonchev–Trinajstić information content (AvgIpc) is 2.60. The molecule has 146 valence electrons. The van der Waals surface area contributed by atoms with Crippen LogP contribution in [0.5, 0.6) is 5.75 Å². The van der Waals surface area contributed by atoms with Crippen molar-refractivity contribution in [3.63, 3.8) is 0 Å². The molecular weight excluding hydrogens is 385 g/mol. The van der Waals surface area contributed by atoms with E-state index in [0.29, 0.717) is 25.0 Å². The summed E-state index contributed by atoms with van der Waals surface area (Å²) in [5.41, 5.74) is 0.686. The highest BCUT2D eigenvalue weighted by Gasteiger charge is 2.69. The highest BCUT2D eigenvalue weighted by molar-refractivity contribution is 6.30. The van der Waals surface area contributed by atoms with Crippen LogP contribution in [0, 0.1) is 12.7 Å². The van der Waals surface area contributed by atoms with Gasteiger partial charge in [0.15, 0.2) is 6.61 Å². The Balaban J connectivity index is 1.25. The first-order valence-electron chi connectivity index (χ1n) is 8.93. The predicted molar refractivity (Wildman–Crippen MR) is 101 cm³/mol. The second-order valence-electron chi connectivity index (χ2n) is 7.63. The normalized spacial score (nSPS) is 24.5. The van der Waals surface area contributed by atoms with E-state index in [1.165, 1.54) is 12.1 Å². The van der Waals surface area contributed by atoms with E-state index in [2.05, 4.69) is 15.6 Å². The van der Waals surface area contributed by atoms with Crippen LogP contribution in [-0.4, -0.2) is 34.5 Å². The first kappa shape index (κ1) is 18.7. The van der Waals surface area contributed by atoms with Crippen molar-refractivity contribution in [2.75, 3.05) is 6.61 Å². The third-order valence-electron chi connectivity index (χ3n) is 5.30. The predicted octanol–water partition coefficient (Wildman–Crippen LogP) is 2.78. The van der Waals surface area contributed by atoms with Crippen LogP contribution in [-0.2, 0) is 4.79 Å². The molecule has 3 aliphatic rings. The zero-order chi connectivity index (χ0) is 19.9. The van der Waals surface area contributed by atoms with E-state index in [0.717, 1.165) is 11.6 Å². The number of aromatic nitrogens is 1. The van der Waals surface area contributed by atoms with Crippen molar-refractivity contribution in [1.82, 2.24) is 15.6 Å². The summed E-state index contributed by atoms with van der Waals surface area (Å²) in [5, 5.41) is 6.00. The van der Waals surface area contributed by atoms with Gasteiger partial charge in [-0.3, -0.25) is 14.6 Å². The number of amides is 2. The standard InChI is InChI=1S/C20H19ClFN3O3/c1-12-3-2-6-23-17(12)18(27)25-20-9-19(10-20,11-20)24-16(26)8-28-13-4-5-14(21)15(22)7-13/h2-7H,8-11H2,1H3,(H,24,26)(H,25,27). The Morgan fingerprint density at radius 3 is 2.61 bits per heavy atom. The Morgan fingerprint density at radius 1 is 1.21 bits per heavy atom. The van der Waals surface area contributed by atoms with Crippen LogP contribution < -0.4 is 15.4 Å². The number of hydrogen-bond donors (Lipinski definition) is 2. The van der Waals surface area contributed by atoms with Gasteiger partial charge in [-0.25, -0.2) is 4.39 Å². The molecule has 2 aromatic rings. The molecule has 0 radical (unpaired) electrons. The summed E-state index contributed by atoms with van der Waals surface area (Å²) in [6, 6.07) is 7.65. The fourth-order valence-electron chi connectivity index (χ4n) is 4.12. The number of hydrogen-bond acceptors (Lipinski definition) is 4. The molecule has 3 saturated carbocycles. The van der Waals surface area contributed by atoms with Crippen LogP contribution in [0.15, 0.2) is 36.5 Å². The Kier molecular flexibility index (Phi) is 4.50. The maximum absolute atomic E-state index is 13.4. The van der Waals surface area contributed by atoms with Gasteiger partial charge in [0.05, 0.1) is 5.02 Å². The van der Waals surface area contributed by atoms with Gasteiger partial charge in [-0.15, -0.1) is 0 Å². The fourth-order valence-corrected chi connectivity index (χ4v) is 4.24. The van der Waals surface area contributed by atoms with Crippen LogP contribution in [0.25, 0.3) is 0 Å². The number of pyridine rings is 1. The second kappa shape index (κ2) is 6.74. The minimum atomic E-state index is -0.597. The molecule has 6 nitrogen and oxygen atoms in total. The second-order valence-corrected chi connectivity index (χ2v) is 8.03. The van der Waals surface area contributed by atoms with E-state index >= 15 is 0 Å². The highest BCUT2D eigenvalue weighted by atomic mass is 35.5. The lowest BCUT2D eigenvalue weighted by atomic mass is 9.44. The van der Waals surface area contributed by atoms with Crippen LogP contribution in [0.2, 0.25) is 5.02 Å². The fraction of sp³-hybridized carbons (Fsp3) is 0.350. The van der Waals surface area contributed by atoms with Crippen molar-refractivity contribution in [2.24, 2.45) is 0 Å². The average molecular weight is 404 g/mol. The zero-order valence-electron chi connectivity index (χ0n) is 15.2. The Labute approximate surface area is 166 Å². The van der Waals surface area contributed by atoms with Crippen LogP contribution in [0.4, 0.5) is 4.39 Å². The van der Waals surface area contributed by atoms with Gasteiger partial charge in [-0.1, -0.05) is 17.7 Å². The molecule has 8 heteroatoms. The van der Waals surface area contributed by atoms with Crippen molar-refractivity contribution in [1.29, 1.82) is 0 Å². The maximum Gasteiger partial charge on any atom is 0.270 e. The lowest BCUT2D eigenvalue weighted by Crippen LogP contribution is -2.84. The molecule has 3 aliphatic carbocycles. The lowest BCUT2D eigenvalue weighted by Gasteiger charge is -2.70. The first-order chi connectivity index (χ1) is 13.3. The van der Waals surface area contributed by atoms with Crippen LogP contribution in [0.1, 0.15) is 35.3 Å². The zero-order valence-corrected chi connectivity index (χ0v) is 16.0. The summed E-state index contributed by atoms with van der Waals surface area (Å²) in [4.78, 5) is 28.7. The molecule has 0 atom stereocenters. The van der Waals surface area contributed by atoms with Crippen molar-refractivity contribution in [2.45, 2.75) is 37.3 Å². The minimum absolute atomic E-state index is 0.00101. The number of rotatable bonds is 6. The van der Waals surface area contributed by atoms with Crippen LogP contribution in [0.3, 0.4) is 0 Å². The Morgan fingerprint density at radius 2 is 1.93 bits per heavy atom. The molecule has 2 N–H and O–H groups in total. The summed E-state index contributed by atoms with van der Waals surface area (Å²) in [6.45, 7) is 1.63. The molecule has 1 aromatic heterocycles. The molecule has 0 aliphatic heterocycles. The molecular formula is C20H19ClFN3O3. The van der Waals surface area contributed by atoms with E-state index in [-0.39, 0.29) is 40.3 Å². The van der Waals surface area contributed by atoms with E-state index in [4.69, 9.17) is 16.3 Å². The molecule has 5 rings (SSSR count). The van der Waals surface area contributed by atoms with Crippen LogP contribution >= 0.6 is 11.6 Å². The number of carbonyl (C=O) groups excluding carboxylic acids is 2. The van der Waals surface area contributed by atoms with E-state index in [9.17, 15) is 14.0 Å². The van der Waals surface area contributed by atoms with Crippen molar-refractivity contribution in [3.05, 3.63) is 58.6 Å². The number of nitrogens with one attached hydrogen (secondary N) is 2. The topological polar surface area (TPSA) is 80.3 Å². The summed E-state index contributed by atoms with van der Waals surface area (Å²) >= 11 is 5.62. The highest BCUT2D eigenvalue weighted by Crippen LogP contribution is 2.60. The molecule has 0 unspecified atom stereocenters. The summed E-state index contributed by atoms with van der Waals surface area (Å²) in [5.74, 6) is -0.828. The van der Waals surface area contributed by atoms with Gasteiger partial charge in [0.25, 0.3) is 11.8 Å². The molecule has 1 aromatic carbocycles. The Bertz CT molecular complexity index is 946. The van der Waals surface area contributed by atoms with E-state index in [1.54, 1.807) is 12.3 Å². The molecule has 0 spiro atoms. The third-order valence-corrected chi connectivity index (χ3v) is 5.61. The maximum atomic E-state index is 13.4. The smallest absolute Gasteiger partial charge is 0.270 e. The Hall–Kier alpha value is -2.67. The largest absolute Gasteiger partial charge is 0.484 e. The number of halogens is 2. The molecule has 2 bridgehead atoms.